The third kappa shape index (κ3) is 1.41. The molecule has 0 aliphatic carbocycles. The molecule has 1 aliphatic heterocycles. The second-order valence-corrected chi connectivity index (χ2v) is 3.97. The summed E-state index contributed by atoms with van der Waals surface area (Å²) in [6.07, 6.45) is 1.44. The Balaban J connectivity index is 2.28. The van der Waals surface area contributed by atoms with Crippen LogP contribution in [0.2, 0.25) is 0 Å². The van der Waals surface area contributed by atoms with E-state index in [1.54, 1.807) is 0 Å². The minimum absolute atomic E-state index is 0.966. The van der Waals surface area contributed by atoms with E-state index < -0.39 is 0 Å². The summed E-state index contributed by atoms with van der Waals surface area (Å²) in [5.74, 6) is 4.73. The van der Waals surface area contributed by atoms with Gasteiger partial charge in [0, 0.05) is 0 Å². The Bertz CT molecular complexity index is 60.8. The number of hydrogen-bond donors (Lipinski definition) is 0. The van der Waals surface area contributed by atoms with E-state index in [2.05, 4.69) is 25.6 Å². The molecule has 0 bridgehead atoms. The summed E-state index contributed by atoms with van der Waals surface area (Å²) in [7, 11) is 0. The highest BCUT2D eigenvalue weighted by Crippen LogP contribution is 2.27. The fourth-order valence-electron chi connectivity index (χ4n) is 0.987. The largest absolute Gasteiger partial charge is 0.162 e. The van der Waals surface area contributed by atoms with E-state index in [-0.39, 0.29) is 0 Å². The predicted octanol–water partition coefficient (Wildman–Crippen LogP) is 2.40. The fraction of sp³-hybridized carbons (Fsp3) is 1.00. The summed E-state index contributed by atoms with van der Waals surface area (Å²) >= 11 is 2.11. The third-order valence-electron chi connectivity index (χ3n) is 2.07. The van der Waals surface area contributed by atoms with Crippen molar-refractivity contribution in [1.82, 2.24) is 0 Å². The molecule has 48 valence electrons. The molecule has 0 aromatic heterocycles. The van der Waals surface area contributed by atoms with Crippen LogP contribution in [0.3, 0.4) is 0 Å². The third-order valence-corrected chi connectivity index (χ3v) is 3.36. The molecule has 2 atom stereocenters. The minimum Gasteiger partial charge on any atom is -0.162 e. The van der Waals surface area contributed by atoms with Gasteiger partial charge in [0.15, 0.2) is 0 Å². The first-order valence-corrected chi connectivity index (χ1v) is 4.54. The van der Waals surface area contributed by atoms with Crippen molar-refractivity contribution in [3.8, 4) is 0 Å². The second-order valence-electron chi connectivity index (χ2n) is 2.82. The Kier molecular flexibility index (Phi) is 2.24. The zero-order chi connectivity index (χ0) is 5.98. The molecule has 1 fully saturated rings. The lowest BCUT2D eigenvalue weighted by Gasteiger charge is -2.24. The Hall–Kier alpha value is 0.350. The highest BCUT2D eigenvalue weighted by molar-refractivity contribution is 7.99. The zero-order valence-corrected chi connectivity index (χ0v) is 6.50. The van der Waals surface area contributed by atoms with Crippen LogP contribution >= 0.6 is 11.8 Å². The smallest absolute Gasteiger partial charge is 0.00392 e. The van der Waals surface area contributed by atoms with Gasteiger partial charge in [-0.2, -0.15) is 11.8 Å². The topological polar surface area (TPSA) is 0 Å². The van der Waals surface area contributed by atoms with Crippen LogP contribution in [0, 0.1) is 11.8 Å². The summed E-state index contributed by atoms with van der Waals surface area (Å²) in [5.41, 5.74) is 0. The molecule has 0 aromatic rings. The maximum atomic E-state index is 2.37. The van der Waals surface area contributed by atoms with Crippen molar-refractivity contribution in [1.29, 1.82) is 0 Å². The number of hydrogen-bond acceptors (Lipinski definition) is 1. The first-order valence-electron chi connectivity index (χ1n) is 3.38. The lowest BCUT2D eigenvalue weighted by molar-refractivity contribution is 0.406. The first-order chi connectivity index (χ1) is 3.80. The minimum atomic E-state index is 0.966. The average molecular weight is 130 g/mol. The SMILES string of the molecule is CC1CCSCC1C. The highest BCUT2D eigenvalue weighted by atomic mass is 32.2. The van der Waals surface area contributed by atoms with Crippen molar-refractivity contribution in [2.75, 3.05) is 11.5 Å². The van der Waals surface area contributed by atoms with Crippen LogP contribution in [0.4, 0.5) is 0 Å². The van der Waals surface area contributed by atoms with E-state index in [1.807, 2.05) is 0 Å². The molecule has 0 N–H and O–H groups in total. The van der Waals surface area contributed by atoms with Gasteiger partial charge in [-0.25, -0.2) is 0 Å². The van der Waals surface area contributed by atoms with E-state index in [0.29, 0.717) is 0 Å². The molecule has 0 aromatic carbocycles. The molecule has 1 heteroatoms. The molecule has 0 saturated carbocycles. The molecule has 0 radical (unpaired) electrons. The van der Waals surface area contributed by atoms with Gasteiger partial charge in [0.2, 0.25) is 0 Å². The fourth-order valence-corrected chi connectivity index (χ4v) is 2.39. The van der Waals surface area contributed by atoms with Gasteiger partial charge >= 0.3 is 0 Å². The molecule has 1 saturated heterocycles. The summed E-state index contributed by atoms with van der Waals surface area (Å²) in [5, 5.41) is 0. The van der Waals surface area contributed by atoms with Crippen molar-refractivity contribution in [3.05, 3.63) is 0 Å². The van der Waals surface area contributed by atoms with Gasteiger partial charge < -0.3 is 0 Å². The summed E-state index contributed by atoms with van der Waals surface area (Å²) in [6.45, 7) is 4.72. The molecular weight excluding hydrogens is 116 g/mol. The first kappa shape index (κ1) is 6.47. The Morgan fingerprint density at radius 1 is 1.25 bits per heavy atom. The van der Waals surface area contributed by atoms with Crippen molar-refractivity contribution >= 4 is 11.8 Å². The standard InChI is InChI=1S/C7H14S/c1-6-3-4-8-5-7(6)2/h6-7H,3-5H2,1-2H3. The van der Waals surface area contributed by atoms with Crippen molar-refractivity contribution in [2.45, 2.75) is 20.3 Å². The summed E-state index contributed by atoms with van der Waals surface area (Å²) in [6, 6.07) is 0. The van der Waals surface area contributed by atoms with Gasteiger partial charge in [-0.1, -0.05) is 13.8 Å². The zero-order valence-electron chi connectivity index (χ0n) is 5.68. The van der Waals surface area contributed by atoms with Gasteiger partial charge in [0.1, 0.15) is 0 Å². The van der Waals surface area contributed by atoms with Gasteiger partial charge in [-0.15, -0.1) is 0 Å². The van der Waals surface area contributed by atoms with Crippen LogP contribution in [0.5, 0.6) is 0 Å². The Labute approximate surface area is 56.0 Å². The Morgan fingerprint density at radius 3 is 2.38 bits per heavy atom. The molecule has 2 unspecified atom stereocenters. The van der Waals surface area contributed by atoms with E-state index in [0.717, 1.165) is 11.8 Å². The van der Waals surface area contributed by atoms with Crippen LogP contribution in [0.1, 0.15) is 20.3 Å². The van der Waals surface area contributed by atoms with Crippen molar-refractivity contribution < 1.29 is 0 Å². The number of rotatable bonds is 0. The molecule has 1 rings (SSSR count). The summed E-state index contributed by atoms with van der Waals surface area (Å²) < 4.78 is 0. The molecular formula is C7H14S. The van der Waals surface area contributed by atoms with E-state index in [1.165, 1.54) is 17.9 Å². The van der Waals surface area contributed by atoms with Gasteiger partial charge in [-0.05, 0) is 29.8 Å². The lowest BCUT2D eigenvalue weighted by Crippen LogP contribution is -2.16. The van der Waals surface area contributed by atoms with E-state index in [9.17, 15) is 0 Å². The van der Waals surface area contributed by atoms with Gasteiger partial charge in [0.25, 0.3) is 0 Å². The van der Waals surface area contributed by atoms with Gasteiger partial charge in [0.05, 0.1) is 0 Å². The lowest BCUT2D eigenvalue weighted by atomic mass is 9.95. The molecule has 1 aliphatic rings. The number of thioether (sulfide) groups is 1. The molecule has 0 amide bonds. The van der Waals surface area contributed by atoms with E-state index in [4.69, 9.17) is 0 Å². The molecule has 1 heterocycles. The predicted molar refractivity (Wildman–Crippen MR) is 40.3 cm³/mol. The van der Waals surface area contributed by atoms with Crippen LogP contribution in [-0.2, 0) is 0 Å². The van der Waals surface area contributed by atoms with Crippen LogP contribution in [0.25, 0.3) is 0 Å². The van der Waals surface area contributed by atoms with Crippen LogP contribution in [-0.4, -0.2) is 11.5 Å². The second kappa shape index (κ2) is 2.77. The maximum absolute atomic E-state index is 2.37. The van der Waals surface area contributed by atoms with Crippen molar-refractivity contribution in [2.24, 2.45) is 11.8 Å². The maximum Gasteiger partial charge on any atom is -0.00392 e. The van der Waals surface area contributed by atoms with E-state index >= 15 is 0 Å². The molecule has 0 nitrogen and oxygen atoms in total. The normalized spacial score (nSPS) is 39.8. The molecule has 0 spiro atoms. The summed E-state index contributed by atoms with van der Waals surface area (Å²) in [4.78, 5) is 0. The van der Waals surface area contributed by atoms with Crippen LogP contribution < -0.4 is 0 Å². The monoisotopic (exact) mass is 130 g/mol. The Morgan fingerprint density at radius 2 is 2.00 bits per heavy atom. The highest BCUT2D eigenvalue weighted by Gasteiger charge is 2.15. The molecule has 8 heavy (non-hydrogen) atoms. The van der Waals surface area contributed by atoms with Crippen LogP contribution in [0.15, 0.2) is 0 Å². The van der Waals surface area contributed by atoms with Gasteiger partial charge in [-0.3, -0.25) is 0 Å². The van der Waals surface area contributed by atoms with Crippen molar-refractivity contribution in [3.63, 3.8) is 0 Å². The average Bonchev–Trinajstić information content (AvgIpc) is 1.77. The quantitative estimate of drug-likeness (QED) is 0.485.